The van der Waals surface area contributed by atoms with Gasteiger partial charge in [-0.25, -0.2) is 9.78 Å². The number of nitrogens with zero attached hydrogens (tertiary/aromatic N) is 1. The zero-order valence-corrected chi connectivity index (χ0v) is 8.31. The van der Waals surface area contributed by atoms with Gasteiger partial charge >= 0.3 is 5.97 Å². The van der Waals surface area contributed by atoms with Gasteiger partial charge in [-0.15, -0.1) is 0 Å². The van der Waals surface area contributed by atoms with E-state index >= 15 is 0 Å². The lowest BCUT2D eigenvalue weighted by Crippen LogP contribution is -2.18. The van der Waals surface area contributed by atoms with Crippen LogP contribution in [0.15, 0.2) is 17.1 Å². The standard InChI is InChI=1S/C10H8N2O4/c1-4-2-3-11-8-5(4)7(13)6(10(15)16)9(14)12-8/h2-3H,1H3,(H,15,16)(H2,11,12,13,14). The third-order valence-electron chi connectivity index (χ3n) is 2.31. The van der Waals surface area contributed by atoms with Crippen LogP contribution in [-0.2, 0) is 0 Å². The summed E-state index contributed by atoms with van der Waals surface area (Å²) in [5, 5.41) is 18.8. The third-order valence-corrected chi connectivity index (χ3v) is 2.31. The molecule has 2 heterocycles. The molecule has 6 heteroatoms. The van der Waals surface area contributed by atoms with Crippen LogP contribution >= 0.6 is 0 Å². The Balaban J connectivity index is 3.03. The number of hydrogen-bond donors (Lipinski definition) is 3. The van der Waals surface area contributed by atoms with Crippen LogP contribution in [0, 0.1) is 6.92 Å². The summed E-state index contributed by atoms with van der Waals surface area (Å²) in [6.45, 7) is 1.69. The Morgan fingerprint density at radius 2 is 2.19 bits per heavy atom. The molecule has 2 rings (SSSR count). The van der Waals surface area contributed by atoms with E-state index in [0.717, 1.165) is 0 Å². The van der Waals surface area contributed by atoms with Gasteiger partial charge in [0, 0.05) is 6.20 Å². The molecule has 0 saturated heterocycles. The molecule has 0 atom stereocenters. The van der Waals surface area contributed by atoms with Crippen molar-refractivity contribution >= 4 is 17.0 Å². The van der Waals surface area contributed by atoms with Crippen LogP contribution in [0.2, 0.25) is 0 Å². The van der Waals surface area contributed by atoms with Gasteiger partial charge in [0.15, 0.2) is 5.56 Å². The van der Waals surface area contributed by atoms with Crippen molar-refractivity contribution in [3.8, 4) is 5.75 Å². The van der Waals surface area contributed by atoms with Crippen LogP contribution in [0.5, 0.6) is 5.75 Å². The Kier molecular flexibility index (Phi) is 2.12. The monoisotopic (exact) mass is 220 g/mol. The van der Waals surface area contributed by atoms with Crippen LogP contribution in [0.1, 0.15) is 15.9 Å². The van der Waals surface area contributed by atoms with E-state index in [1.54, 1.807) is 13.0 Å². The van der Waals surface area contributed by atoms with E-state index in [1.807, 2.05) is 0 Å². The molecule has 0 unspecified atom stereocenters. The second kappa shape index (κ2) is 3.34. The minimum absolute atomic E-state index is 0.174. The van der Waals surface area contributed by atoms with Gasteiger partial charge in [-0.3, -0.25) is 4.79 Å². The van der Waals surface area contributed by atoms with Gasteiger partial charge in [-0.05, 0) is 18.6 Å². The fraction of sp³-hybridized carbons (Fsp3) is 0.100. The smallest absolute Gasteiger partial charge is 0.345 e. The number of fused-ring (bicyclic) bond motifs is 1. The lowest BCUT2D eigenvalue weighted by Gasteiger charge is -2.05. The predicted molar refractivity (Wildman–Crippen MR) is 55.7 cm³/mol. The highest BCUT2D eigenvalue weighted by Gasteiger charge is 2.19. The number of carboxylic acids is 1. The molecule has 2 aromatic rings. The lowest BCUT2D eigenvalue weighted by molar-refractivity contribution is 0.0692. The largest absolute Gasteiger partial charge is 0.506 e. The molecule has 0 fully saturated rings. The first-order chi connectivity index (χ1) is 7.52. The maximum atomic E-state index is 11.4. The molecule has 0 bridgehead atoms. The number of hydrogen-bond acceptors (Lipinski definition) is 4. The van der Waals surface area contributed by atoms with Gasteiger partial charge in [0.1, 0.15) is 11.4 Å². The topological polar surface area (TPSA) is 103 Å². The number of aryl methyl sites for hydroxylation is 1. The molecular weight excluding hydrogens is 212 g/mol. The molecule has 82 valence electrons. The second-order valence-corrected chi connectivity index (χ2v) is 3.33. The molecule has 16 heavy (non-hydrogen) atoms. The van der Waals surface area contributed by atoms with Crippen molar-refractivity contribution in [2.45, 2.75) is 6.92 Å². The molecular formula is C10H8N2O4. The molecule has 2 aromatic heterocycles. The summed E-state index contributed by atoms with van der Waals surface area (Å²) >= 11 is 0. The van der Waals surface area contributed by atoms with Crippen molar-refractivity contribution in [3.05, 3.63) is 33.7 Å². The summed E-state index contributed by atoms with van der Waals surface area (Å²) in [6, 6.07) is 1.62. The maximum absolute atomic E-state index is 11.4. The van der Waals surface area contributed by atoms with Gasteiger partial charge in [-0.1, -0.05) is 0 Å². The zero-order chi connectivity index (χ0) is 11.9. The third kappa shape index (κ3) is 1.31. The van der Waals surface area contributed by atoms with E-state index in [2.05, 4.69) is 9.97 Å². The van der Waals surface area contributed by atoms with E-state index in [1.165, 1.54) is 6.20 Å². The van der Waals surface area contributed by atoms with Crippen molar-refractivity contribution in [3.63, 3.8) is 0 Å². The van der Waals surface area contributed by atoms with Crippen LogP contribution in [0.4, 0.5) is 0 Å². The van der Waals surface area contributed by atoms with Crippen molar-refractivity contribution in [2.75, 3.05) is 0 Å². The van der Waals surface area contributed by atoms with Gasteiger partial charge < -0.3 is 15.2 Å². The first-order valence-electron chi connectivity index (χ1n) is 4.46. The molecule has 0 radical (unpaired) electrons. The Morgan fingerprint density at radius 1 is 1.50 bits per heavy atom. The maximum Gasteiger partial charge on any atom is 0.345 e. The van der Waals surface area contributed by atoms with Crippen LogP contribution in [0.3, 0.4) is 0 Å². The quantitative estimate of drug-likeness (QED) is 0.654. The van der Waals surface area contributed by atoms with Crippen LogP contribution in [0.25, 0.3) is 11.0 Å². The average Bonchev–Trinajstić information content (AvgIpc) is 2.15. The van der Waals surface area contributed by atoms with Crippen molar-refractivity contribution < 1.29 is 15.0 Å². The summed E-state index contributed by atoms with van der Waals surface area (Å²) in [5.41, 5.74) is -0.715. The number of rotatable bonds is 1. The average molecular weight is 220 g/mol. The van der Waals surface area contributed by atoms with Crippen LogP contribution < -0.4 is 5.56 Å². The Bertz CT molecular complexity index is 645. The molecule has 0 amide bonds. The predicted octanol–water partition coefficient (Wildman–Crippen LogP) is 0.635. The molecule has 3 N–H and O–H groups in total. The van der Waals surface area contributed by atoms with E-state index in [-0.39, 0.29) is 11.0 Å². The number of aromatic amines is 1. The van der Waals surface area contributed by atoms with E-state index in [4.69, 9.17) is 5.11 Å². The van der Waals surface area contributed by atoms with Gasteiger partial charge in [0.2, 0.25) is 0 Å². The first kappa shape index (κ1) is 10.2. The zero-order valence-electron chi connectivity index (χ0n) is 8.31. The second-order valence-electron chi connectivity index (χ2n) is 3.33. The molecule has 0 aromatic carbocycles. The summed E-state index contributed by atoms with van der Waals surface area (Å²) in [5.74, 6) is -2.01. The van der Waals surface area contributed by atoms with Crippen molar-refractivity contribution in [2.24, 2.45) is 0 Å². The highest BCUT2D eigenvalue weighted by atomic mass is 16.4. The fourth-order valence-corrected chi connectivity index (χ4v) is 1.55. The van der Waals surface area contributed by atoms with Gasteiger partial charge in [0.25, 0.3) is 5.56 Å². The molecule has 6 nitrogen and oxygen atoms in total. The number of nitrogens with one attached hydrogen (secondary N) is 1. The summed E-state index contributed by atoms with van der Waals surface area (Å²) < 4.78 is 0. The number of carboxylic acid groups (broad SMARTS) is 1. The molecule has 0 aliphatic rings. The van der Waals surface area contributed by atoms with Crippen LogP contribution in [-0.4, -0.2) is 26.2 Å². The van der Waals surface area contributed by atoms with Crippen molar-refractivity contribution in [1.29, 1.82) is 0 Å². The summed E-state index contributed by atoms with van der Waals surface area (Å²) in [6.07, 6.45) is 1.47. The molecule has 0 spiro atoms. The number of aromatic nitrogens is 2. The fourth-order valence-electron chi connectivity index (χ4n) is 1.55. The lowest BCUT2D eigenvalue weighted by atomic mass is 10.1. The summed E-state index contributed by atoms with van der Waals surface area (Å²) in [7, 11) is 0. The van der Waals surface area contributed by atoms with Gasteiger partial charge in [0.05, 0.1) is 5.39 Å². The van der Waals surface area contributed by atoms with Gasteiger partial charge in [-0.2, -0.15) is 0 Å². The normalized spacial score (nSPS) is 10.6. The Morgan fingerprint density at radius 3 is 2.81 bits per heavy atom. The number of H-pyrrole nitrogens is 1. The molecule has 0 aliphatic heterocycles. The number of aromatic hydroxyl groups is 1. The minimum atomic E-state index is -1.47. The minimum Gasteiger partial charge on any atom is -0.506 e. The highest BCUT2D eigenvalue weighted by molar-refractivity contribution is 5.98. The van der Waals surface area contributed by atoms with E-state index in [0.29, 0.717) is 5.56 Å². The first-order valence-corrected chi connectivity index (χ1v) is 4.46. The Labute approximate surface area is 89.2 Å². The van der Waals surface area contributed by atoms with E-state index in [9.17, 15) is 14.7 Å². The number of aromatic carboxylic acids is 1. The molecule has 0 aliphatic carbocycles. The van der Waals surface area contributed by atoms with Crippen molar-refractivity contribution in [1.82, 2.24) is 9.97 Å². The Hall–Kier alpha value is -2.37. The number of pyridine rings is 2. The molecule has 0 saturated carbocycles. The SMILES string of the molecule is Cc1ccnc2[nH]c(=O)c(C(=O)O)c(O)c12. The van der Waals surface area contributed by atoms with E-state index < -0.39 is 22.8 Å². The summed E-state index contributed by atoms with van der Waals surface area (Å²) in [4.78, 5) is 28.3. The highest BCUT2D eigenvalue weighted by Crippen LogP contribution is 2.26. The number of carbonyl (C=O) groups is 1.